The molecule has 1 aliphatic rings. The van der Waals surface area contributed by atoms with Crippen LogP contribution in [0, 0.1) is 11.3 Å². The second-order valence-electron chi connectivity index (χ2n) is 6.49. The first kappa shape index (κ1) is 14.9. The second kappa shape index (κ2) is 6.72. The lowest BCUT2D eigenvalue weighted by atomic mass is 9.68. The van der Waals surface area contributed by atoms with E-state index in [1.807, 2.05) is 0 Å². The zero-order valence-corrected chi connectivity index (χ0v) is 12.2. The van der Waals surface area contributed by atoms with Gasteiger partial charge >= 0.3 is 0 Å². The van der Waals surface area contributed by atoms with Crippen molar-refractivity contribution in [3.63, 3.8) is 0 Å². The first-order chi connectivity index (χ1) is 7.97. The second-order valence-corrected chi connectivity index (χ2v) is 6.49. The van der Waals surface area contributed by atoms with Crippen molar-refractivity contribution in [2.24, 2.45) is 17.1 Å². The Kier molecular flexibility index (Phi) is 5.90. The first-order valence-electron chi connectivity index (χ1n) is 7.04. The van der Waals surface area contributed by atoms with Crippen molar-refractivity contribution in [2.45, 2.75) is 33.1 Å². The standard InChI is InChI=1S/C14H31N3/c1-13(2)10-17(9-8-16(3)4)12-14(11-15)6-5-7-14/h13H,5-12,15H2,1-4H3. The van der Waals surface area contributed by atoms with E-state index in [0.717, 1.165) is 19.0 Å². The van der Waals surface area contributed by atoms with Crippen LogP contribution >= 0.6 is 0 Å². The Morgan fingerprint density at radius 3 is 2.18 bits per heavy atom. The predicted molar refractivity (Wildman–Crippen MR) is 75.2 cm³/mol. The van der Waals surface area contributed by atoms with Crippen LogP contribution in [0.15, 0.2) is 0 Å². The molecule has 0 heterocycles. The van der Waals surface area contributed by atoms with Gasteiger partial charge in [0.05, 0.1) is 0 Å². The maximum Gasteiger partial charge on any atom is 0.0109 e. The van der Waals surface area contributed by atoms with Crippen LogP contribution in [-0.2, 0) is 0 Å². The Labute approximate surface area is 107 Å². The van der Waals surface area contributed by atoms with Gasteiger partial charge < -0.3 is 15.5 Å². The molecule has 2 N–H and O–H groups in total. The highest BCUT2D eigenvalue weighted by Crippen LogP contribution is 2.40. The molecule has 102 valence electrons. The lowest BCUT2D eigenvalue weighted by Gasteiger charge is -2.45. The van der Waals surface area contributed by atoms with E-state index in [-0.39, 0.29) is 0 Å². The van der Waals surface area contributed by atoms with E-state index in [4.69, 9.17) is 5.73 Å². The Hall–Kier alpha value is -0.120. The monoisotopic (exact) mass is 241 g/mol. The predicted octanol–water partition coefficient (Wildman–Crippen LogP) is 1.64. The summed E-state index contributed by atoms with van der Waals surface area (Å²) in [4.78, 5) is 4.89. The SMILES string of the molecule is CC(C)CN(CCN(C)C)CC1(CN)CCC1. The summed E-state index contributed by atoms with van der Waals surface area (Å²) < 4.78 is 0. The van der Waals surface area contributed by atoms with E-state index in [1.54, 1.807) is 0 Å². The van der Waals surface area contributed by atoms with Crippen molar-refractivity contribution < 1.29 is 0 Å². The van der Waals surface area contributed by atoms with Gasteiger partial charge in [0.2, 0.25) is 0 Å². The molecule has 0 atom stereocenters. The quantitative estimate of drug-likeness (QED) is 0.701. The van der Waals surface area contributed by atoms with Crippen molar-refractivity contribution in [3.8, 4) is 0 Å². The minimum atomic E-state index is 0.446. The van der Waals surface area contributed by atoms with E-state index in [1.165, 1.54) is 38.9 Å². The van der Waals surface area contributed by atoms with Gasteiger partial charge in [0.25, 0.3) is 0 Å². The molecule has 17 heavy (non-hydrogen) atoms. The van der Waals surface area contributed by atoms with Crippen LogP contribution in [0.25, 0.3) is 0 Å². The Morgan fingerprint density at radius 2 is 1.82 bits per heavy atom. The summed E-state index contributed by atoms with van der Waals surface area (Å²) in [6, 6.07) is 0. The molecule has 0 aromatic rings. The fourth-order valence-electron chi connectivity index (χ4n) is 2.67. The molecule has 1 saturated carbocycles. The highest BCUT2D eigenvalue weighted by Gasteiger charge is 2.37. The summed E-state index contributed by atoms with van der Waals surface area (Å²) in [5.41, 5.74) is 6.41. The van der Waals surface area contributed by atoms with E-state index >= 15 is 0 Å². The zero-order chi connectivity index (χ0) is 12.9. The van der Waals surface area contributed by atoms with Gasteiger partial charge in [-0.25, -0.2) is 0 Å². The lowest BCUT2D eigenvalue weighted by Crippen LogP contribution is -2.49. The smallest absolute Gasteiger partial charge is 0.0109 e. The molecule has 0 aromatic carbocycles. The molecule has 0 aromatic heterocycles. The van der Waals surface area contributed by atoms with Gasteiger partial charge in [0.15, 0.2) is 0 Å². The molecule has 0 aliphatic heterocycles. The van der Waals surface area contributed by atoms with Gasteiger partial charge in [-0.2, -0.15) is 0 Å². The van der Waals surface area contributed by atoms with E-state index in [0.29, 0.717) is 5.41 Å². The van der Waals surface area contributed by atoms with Gasteiger partial charge in [0.1, 0.15) is 0 Å². The molecular weight excluding hydrogens is 210 g/mol. The summed E-state index contributed by atoms with van der Waals surface area (Å²) in [5.74, 6) is 0.743. The highest BCUT2D eigenvalue weighted by atomic mass is 15.2. The van der Waals surface area contributed by atoms with Crippen LogP contribution in [0.3, 0.4) is 0 Å². The Morgan fingerprint density at radius 1 is 1.18 bits per heavy atom. The minimum Gasteiger partial charge on any atom is -0.330 e. The largest absolute Gasteiger partial charge is 0.330 e. The number of hydrogen-bond acceptors (Lipinski definition) is 3. The Bertz CT molecular complexity index is 204. The third-order valence-corrected chi connectivity index (χ3v) is 3.89. The molecule has 0 unspecified atom stereocenters. The molecule has 0 amide bonds. The van der Waals surface area contributed by atoms with E-state index in [2.05, 4.69) is 37.7 Å². The molecule has 0 bridgehead atoms. The summed E-state index contributed by atoms with van der Waals surface area (Å²) in [5, 5.41) is 0. The van der Waals surface area contributed by atoms with Gasteiger partial charge in [-0.3, -0.25) is 0 Å². The van der Waals surface area contributed by atoms with Crippen molar-refractivity contribution in [1.82, 2.24) is 9.80 Å². The van der Waals surface area contributed by atoms with Crippen molar-refractivity contribution in [1.29, 1.82) is 0 Å². The van der Waals surface area contributed by atoms with Crippen LogP contribution in [0.2, 0.25) is 0 Å². The normalized spacial score (nSPS) is 19.1. The van der Waals surface area contributed by atoms with Crippen LogP contribution in [0.5, 0.6) is 0 Å². The summed E-state index contributed by atoms with van der Waals surface area (Å²) in [6.45, 7) is 10.2. The molecular formula is C14H31N3. The maximum absolute atomic E-state index is 5.97. The average molecular weight is 241 g/mol. The topological polar surface area (TPSA) is 32.5 Å². The maximum atomic E-state index is 5.97. The molecule has 0 spiro atoms. The van der Waals surface area contributed by atoms with E-state index < -0.39 is 0 Å². The highest BCUT2D eigenvalue weighted by molar-refractivity contribution is 4.91. The van der Waals surface area contributed by atoms with Gasteiger partial charge in [-0.05, 0) is 44.8 Å². The first-order valence-corrected chi connectivity index (χ1v) is 7.04. The molecule has 1 aliphatic carbocycles. The van der Waals surface area contributed by atoms with Crippen molar-refractivity contribution in [3.05, 3.63) is 0 Å². The molecule has 0 radical (unpaired) electrons. The van der Waals surface area contributed by atoms with Crippen LogP contribution < -0.4 is 5.73 Å². The van der Waals surface area contributed by atoms with Crippen LogP contribution in [-0.4, -0.2) is 56.6 Å². The molecule has 3 heteroatoms. The lowest BCUT2D eigenvalue weighted by molar-refractivity contribution is 0.0652. The van der Waals surface area contributed by atoms with Crippen molar-refractivity contribution in [2.75, 3.05) is 46.8 Å². The third-order valence-electron chi connectivity index (χ3n) is 3.89. The molecule has 1 rings (SSSR count). The average Bonchev–Trinajstić information content (AvgIpc) is 2.18. The number of rotatable bonds is 8. The summed E-state index contributed by atoms with van der Waals surface area (Å²) in [7, 11) is 4.30. The Balaban J connectivity index is 2.44. The zero-order valence-electron chi connectivity index (χ0n) is 12.2. The van der Waals surface area contributed by atoms with Gasteiger partial charge in [-0.1, -0.05) is 20.3 Å². The molecule has 3 nitrogen and oxygen atoms in total. The number of hydrogen-bond donors (Lipinski definition) is 1. The minimum absolute atomic E-state index is 0.446. The number of likely N-dealkylation sites (N-methyl/N-ethyl adjacent to an activating group) is 1. The third kappa shape index (κ3) is 4.94. The summed E-state index contributed by atoms with van der Waals surface area (Å²) in [6.07, 6.45) is 4.04. The molecule has 1 fully saturated rings. The number of nitrogens with two attached hydrogens (primary N) is 1. The van der Waals surface area contributed by atoms with Gasteiger partial charge in [0, 0.05) is 26.2 Å². The summed E-state index contributed by atoms with van der Waals surface area (Å²) >= 11 is 0. The van der Waals surface area contributed by atoms with Gasteiger partial charge in [-0.15, -0.1) is 0 Å². The fraction of sp³-hybridized carbons (Fsp3) is 1.00. The van der Waals surface area contributed by atoms with Crippen LogP contribution in [0.1, 0.15) is 33.1 Å². The van der Waals surface area contributed by atoms with Crippen LogP contribution in [0.4, 0.5) is 0 Å². The van der Waals surface area contributed by atoms with E-state index in [9.17, 15) is 0 Å². The molecule has 0 saturated heterocycles. The van der Waals surface area contributed by atoms with Crippen molar-refractivity contribution >= 4 is 0 Å². The fourth-order valence-corrected chi connectivity index (χ4v) is 2.67. The number of nitrogens with zero attached hydrogens (tertiary/aromatic N) is 2.